The van der Waals surface area contributed by atoms with Crippen LogP contribution in [0, 0.1) is 13.8 Å². The summed E-state index contributed by atoms with van der Waals surface area (Å²) in [5, 5.41) is 4.29. The molecule has 1 N–H and O–H groups in total. The summed E-state index contributed by atoms with van der Waals surface area (Å²) < 4.78 is 2.17. The maximum Gasteiger partial charge on any atom is 0.163 e. The van der Waals surface area contributed by atoms with Crippen molar-refractivity contribution in [3.05, 3.63) is 53.9 Å². The van der Waals surface area contributed by atoms with Crippen LogP contribution >= 0.6 is 11.8 Å². The van der Waals surface area contributed by atoms with E-state index >= 15 is 0 Å². The Morgan fingerprint density at radius 1 is 1.14 bits per heavy atom. The van der Waals surface area contributed by atoms with Gasteiger partial charge in [-0.05, 0) is 31.5 Å². The molecule has 22 heavy (non-hydrogen) atoms. The second kappa shape index (κ2) is 5.14. The molecule has 0 spiro atoms. The Morgan fingerprint density at radius 2 is 2.00 bits per heavy atom. The molecule has 0 radical (unpaired) electrons. The zero-order chi connectivity index (χ0) is 15.1. The van der Waals surface area contributed by atoms with Gasteiger partial charge in [-0.1, -0.05) is 17.8 Å². The van der Waals surface area contributed by atoms with Crippen molar-refractivity contribution in [3.63, 3.8) is 0 Å². The number of hydrogen-bond acceptors (Lipinski definition) is 5. The lowest BCUT2D eigenvalue weighted by Gasteiger charge is -2.19. The van der Waals surface area contributed by atoms with E-state index in [2.05, 4.69) is 50.0 Å². The third kappa shape index (κ3) is 2.25. The molecule has 0 unspecified atom stereocenters. The molecule has 4 rings (SSSR count). The minimum Gasteiger partial charge on any atom is -0.337 e. The van der Waals surface area contributed by atoms with Crippen LogP contribution in [0.3, 0.4) is 0 Å². The molecule has 0 saturated heterocycles. The van der Waals surface area contributed by atoms with Crippen LogP contribution in [0.1, 0.15) is 17.0 Å². The summed E-state index contributed by atoms with van der Waals surface area (Å²) in [6.45, 7) is 4.95. The van der Waals surface area contributed by atoms with Crippen LogP contribution < -0.4 is 5.32 Å². The molecule has 0 bridgehead atoms. The maximum absolute atomic E-state index is 4.35. The van der Waals surface area contributed by atoms with Crippen molar-refractivity contribution in [2.45, 2.75) is 30.3 Å². The van der Waals surface area contributed by atoms with Gasteiger partial charge in [0.2, 0.25) is 0 Å². The van der Waals surface area contributed by atoms with Gasteiger partial charge in [-0.25, -0.2) is 15.0 Å². The van der Waals surface area contributed by atoms with Crippen molar-refractivity contribution in [1.82, 2.24) is 19.5 Å². The molecule has 1 aliphatic heterocycles. The van der Waals surface area contributed by atoms with Crippen LogP contribution in [0.15, 0.2) is 46.8 Å². The Hall–Kier alpha value is -2.34. The standard InChI is InChI=1S/C16H15N5S/c1-10-11(2)21(9-19-10)8-12-3-4-14-13(7-12)20-15-16(22-14)18-6-5-17-15/h3-7,9H,8H2,1-2H3,(H,17,20). The van der Waals surface area contributed by atoms with E-state index in [9.17, 15) is 0 Å². The highest BCUT2D eigenvalue weighted by Crippen LogP contribution is 2.42. The SMILES string of the molecule is Cc1ncn(Cc2ccc3c(c2)Nc2nccnc2S3)c1C. The number of fused-ring (bicyclic) bond motifs is 2. The van der Waals surface area contributed by atoms with E-state index in [0.717, 1.165) is 28.8 Å². The Bertz CT molecular complexity index is 855. The quantitative estimate of drug-likeness (QED) is 0.614. The van der Waals surface area contributed by atoms with Crippen molar-refractivity contribution < 1.29 is 0 Å². The predicted octanol–water partition coefficient (Wildman–Crippen LogP) is 3.55. The summed E-state index contributed by atoms with van der Waals surface area (Å²) in [7, 11) is 0. The number of nitrogens with zero attached hydrogens (tertiary/aromatic N) is 4. The molecule has 0 fully saturated rings. The van der Waals surface area contributed by atoms with Gasteiger partial charge in [0.05, 0.1) is 17.7 Å². The van der Waals surface area contributed by atoms with E-state index in [-0.39, 0.29) is 0 Å². The van der Waals surface area contributed by atoms with Gasteiger partial charge in [-0.15, -0.1) is 0 Å². The lowest BCUT2D eigenvalue weighted by Crippen LogP contribution is -2.05. The summed E-state index contributed by atoms with van der Waals surface area (Å²) in [5.74, 6) is 0.826. The summed E-state index contributed by atoms with van der Waals surface area (Å²) in [6, 6.07) is 6.47. The van der Waals surface area contributed by atoms with E-state index in [1.807, 2.05) is 13.3 Å². The van der Waals surface area contributed by atoms with E-state index in [0.29, 0.717) is 0 Å². The number of aryl methyl sites for hydroxylation is 1. The topological polar surface area (TPSA) is 55.6 Å². The fourth-order valence-corrected chi connectivity index (χ4v) is 3.36. The molecule has 2 aromatic heterocycles. The highest BCUT2D eigenvalue weighted by Gasteiger charge is 2.17. The molecule has 3 aromatic rings. The Balaban J connectivity index is 1.64. The summed E-state index contributed by atoms with van der Waals surface area (Å²) in [4.78, 5) is 14.2. The van der Waals surface area contributed by atoms with Gasteiger partial charge in [0.1, 0.15) is 5.03 Å². The minimum atomic E-state index is 0.819. The molecule has 0 aliphatic carbocycles. The van der Waals surface area contributed by atoms with Crippen molar-refractivity contribution in [3.8, 4) is 0 Å². The molecule has 3 heterocycles. The van der Waals surface area contributed by atoms with E-state index in [1.165, 1.54) is 16.2 Å². The van der Waals surface area contributed by atoms with Gasteiger partial charge in [0.25, 0.3) is 0 Å². The van der Waals surface area contributed by atoms with Gasteiger partial charge in [0.15, 0.2) is 5.82 Å². The van der Waals surface area contributed by atoms with Crippen molar-refractivity contribution in [2.75, 3.05) is 5.32 Å². The zero-order valence-corrected chi connectivity index (χ0v) is 13.2. The van der Waals surface area contributed by atoms with Gasteiger partial charge in [-0.2, -0.15) is 0 Å². The Kier molecular flexibility index (Phi) is 3.11. The fraction of sp³-hybridized carbons (Fsp3) is 0.188. The smallest absolute Gasteiger partial charge is 0.163 e. The van der Waals surface area contributed by atoms with Gasteiger partial charge in [-0.3, -0.25) is 0 Å². The van der Waals surface area contributed by atoms with Crippen LogP contribution in [-0.2, 0) is 6.54 Å². The van der Waals surface area contributed by atoms with Crippen molar-refractivity contribution in [2.24, 2.45) is 0 Å². The molecule has 0 amide bonds. The number of benzene rings is 1. The van der Waals surface area contributed by atoms with Crippen LogP contribution in [0.25, 0.3) is 0 Å². The number of rotatable bonds is 2. The molecule has 1 aromatic carbocycles. The number of hydrogen-bond donors (Lipinski definition) is 1. The second-order valence-electron chi connectivity index (χ2n) is 5.31. The lowest BCUT2D eigenvalue weighted by molar-refractivity contribution is 0.768. The molecule has 0 atom stereocenters. The first kappa shape index (κ1) is 13.3. The average molecular weight is 309 g/mol. The fourth-order valence-electron chi connectivity index (χ4n) is 2.48. The number of imidazole rings is 1. The molecule has 0 saturated carbocycles. The molecular formula is C16H15N5S. The number of aromatic nitrogens is 4. The molecule has 5 nitrogen and oxygen atoms in total. The molecular weight excluding hydrogens is 294 g/mol. The van der Waals surface area contributed by atoms with E-state index in [1.54, 1.807) is 24.2 Å². The summed E-state index contributed by atoms with van der Waals surface area (Å²) in [6.07, 6.45) is 5.32. The third-order valence-electron chi connectivity index (χ3n) is 3.87. The van der Waals surface area contributed by atoms with E-state index < -0.39 is 0 Å². The number of anilines is 2. The van der Waals surface area contributed by atoms with Crippen molar-refractivity contribution in [1.29, 1.82) is 0 Å². The third-order valence-corrected chi connectivity index (χ3v) is 4.93. The Labute approximate surface area is 132 Å². The highest BCUT2D eigenvalue weighted by atomic mass is 32.2. The Morgan fingerprint density at radius 3 is 2.82 bits per heavy atom. The van der Waals surface area contributed by atoms with Crippen LogP contribution in [0.5, 0.6) is 0 Å². The van der Waals surface area contributed by atoms with Gasteiger partial charge < -0.3 is 9.88 Å². The first-order chi connectivity index (χ1) is 10.7. The van der Waals surface area contributed by atoms with Crippen LogP contribution in [0.4, 0.5) is 11.5 Å². The summed E-state index contributed by atoms with van der Waals surface area (Å²) >= 11 is 1.65. The predicted molar refractivity (Wildman–Crippen MR) is 86.7 cm³/mol. The van der Waals surface area contributed by atoms with Crippen LogP contribution in [0.2, 0.25) is 0 Å². The maximum atomic E-state index is 4.35. The highest BCUT2D eigenvalue weighted by molar-refractivity contribution is 7.99. The average Bonchev–Trinajstić information content (AvgIpc) is 2.85. The van der Waals surface area contributed by atoms with Gasteiger partial charge >= 0.3 is 0 Å². The first-order valence-electron chi connectivity index (χ1n) is 7.08. The van der Waals surface area contributed by atoms with Gasteiger partial charge in [0, 0.05) is 29.5 Å². The minimum absolute atomic E-state index is 0.819. The van der Waals surface area contributed by atoms with E-state index in [4.69, 9.17) is 0 Å². The zero-order valence-electron chi connectivity index (χ0n) is 12.4. The molecule has 1 aliphatic rings. The first-order valence-corrected chi connectivity index (χ1v) is 7.89. The number of nitrogens with one attached hydrogen (secondary N) is 1. The second-order valence-corrected chi connectivity index (χ2v) is 6.34. The molecule has 110 valence electrons. The van der Waals surface area contributed by atoms with Crippen molar-refractivity contribution >= 4 is 23.3 Å². The lowest BCUT2D eigenvalue weighted by atomic mass is 10.2. The summed E-state index contributed by atoms with van der Waals surface area (Å²) in [5.41, 5.74) is 4.61. The monoisotopic (exact) mass is 309 g/mol. The van der Waals surface area contributed by atoms with Crippen LogP contribution in [-0.4, -0.2) is 19.5 Å². The molecule has 6 heteroatoms. The normalized spacial score (nSPS) is 12.5. The largest absolute Gasteiger partial charge is 0.337 e.